The van der Waals surface area contributed by atoms with Crippen molar-refractivity contribution in [3.63, 3.8) is 0 Å². The Morgan fingerprint density at radius 1 is 0.893 bits per heavy atom. The van der Waals surface area contributed by atoms with Crippen LogP contribution < -0.4 is 5.56 Å². The summed E-state index contributed by atoms with van der Waals surface area (Å²) in [6.45, 7) is 4.12. The fourth-order valence-corrected chi connectivity index (χ4v) is 3.57. The fourth-order valence-electron chi connectivity index (χ4n) is 3.16. The van der Waals surface area contributed by atoms with E-state index in [4.69, 9.17) is 4.98 Å². The van der Waals surface area contributed by atoms with Crippen LogP contribution in [0.1, 0.15) is 22.5 Å². The molecule has 1 heterocycles. The molecule has 0 amide bonds. The van der Waals surface area contributed by atoms with Crippen LogP contribution in [0.5, 0.6) is 0 Å². The van der Waals surface area contributed by atoms with Gasteiger partial charge in [0.1, 0.15) is 5.82 Å². The van der Waals surface area contributed by atoms with Gasteiger partial charge >= 0.3 is 0 Å². The molecular formula is C24H19BrN2O. The summed E-state index contributed by atoms with van der Waals surface area (Å²) in [6.07, 6.45) is 3.86. The van der Waals surface area contributed by atoms with Gasteiger partial charge in [-0.1, -0.05) is 52.3 Å². The number of fused-ring (bicyclic) bond motifs is 1. The molecule has 1 aromatic heterocycles. The van der Waals surface area contributed by atoms with Crippen LogP contribution in [0.4, 0.5) is 0 Å². The number of hydrogen-bond donors (Lipinski definition) is 0. The Morgan fingerprint density at radius 3 is 2.50 bits per heavy atom. The van der Waals surface area contributed by atoms with E-state index >= 15 is 0 Å². The Bertz CT molecular complexity index is 1270. The minimum Gasteiger partial charge on any atom is -0.268 e. The van der Waals surface area contributed by atoms with E-state index in [1.807, 2.05) is 78.9 Å². The van der Waals surface area contributed by atoms with Crippen LogP contribution in [0, 0.1) is 13.8 Å². The predicted molar refractivity (Wildman–Crippen MR) is 120 cm³/mol. The maximum absolute atomic E-state index is 13.3. The van der Waals surface area contributed by atoms with Crippen LogP contribution in [0.25, 0.3) is 28.7 Å². The number of para-hydroxylation sites is 1. The quantitative estimate of drug-likeness (QED) is 0.403. The number of nitrogens with zero attached hydrogens (tertiary/aromatic N) is 2. The number of rotatable bonds is 3. The first-order valence-electron chi connectivity index (χ1n) is 9.06. The van der Waals surface area contributed by atoms with E-state index in [9.17, 15) is 4.79 Å². The average Bonchev–Trinajstić information content (AvgIpc) is 2.69. The van der Waals surface area contributed by atoms with E-state index in [-0.39, 0.29) is 5.56 Å². The number of hydrogen-bond acceptors (Lipinski definition) is 2. The van der Waals surface area contributed by atoms with Gasteiger partial charge in [0.05, 0.1) is 16.6 Å². The number of aromatic nitrogens is 2. The lowest BCUT2D eigenvalue weighted by Crippen LogP contribution is -2.22. The zero-order valence-corrected chi connectivity index (χ0v) is 17.3. The monoisotopic (exact) mass is 430 g/mol. The number of halogens is 1. The van der Waals surface area contributed by atoms with Crippen LogP contribution in [0.15, 0.2) is 76.0 Å². The molecule has 0 bridgehead atoms. The van der Waals surface area contributed by atoms with Crippen molar-refractivity contribution in [1.82, 2.24) is 9.55 Å². The van der Waals surface area contributed by atoms with E-state index in [1.165, 1.54) is 5.56 Å². The van der Waals surface area contributed by atoms with Gasteiger partial charge in [-0.2, -0.15) is 0 Å². The summed E-state index contributed by atoms with van der Waals surface area (Å²) in [6, 6.07) is 21.5. The third-order valence-corrected chi connectivity index (χ3v) is 5.32. The van der Waals surface area contributed by atoms with Crippen molar-refractivity contribution < 1.29 is 0 Å². The number of aryl methyl sites for hydroxylation is 2. The zero-order chi connectivity index (χ0) is 19.7. The van der Waals surface area contributed by atoms with Crippen molar-refractivity contribution in [3.05, 3.63) is 104 Å². The second-order valence-corrected chi connectivity index (χ2v) is 7.70. The largest absolute Gasteiger partial charge is 0.268 e. The summed E-state index contributed by atoms with van der Waals surface area (Å²) in [7, 11) is 0. The molecule has 4 rings (SSSR count). The van der Waals surface area contributed by atoms with Gasteiger partial charge in [0.25, 0.3) is 5.56 Å². The Balaban J connectivity index is 1.95. The predicted octanol–water partition coefficient (Wildman–Crippen LogP) is 5.94. The molecule has 0 N–H and O–H groups in total. The number of benzene rings is 3. The molecule has 4 aromatic rings. The SMILES string of the molecule is Cc1ccc(-n2c(C=Cc3cccc(Br)c3)nc3ccccc3c2=O)cc1C. The van der Waals surface area contributed by atoms with Gasteiger partial charge in [0.2, 0.25) is 0 Å². The van der Waals surface area contributed by atoms with Crippen LogP contribution in [-0.2, 0) is 0 Å². The summed E-state index contributed by atoms with van der Waals surface area (Å²) >= 11 is 3.49. The summed E-state index contributed by atoms with van der Waals surface area (Å²) in [5.74, 6) is 0.604. The molecule has 0 fully saturated rings. The first-order chi connectivity index (χ1) is 13.5. The maximum Gasteiger partial charge on any atom is 0.266 e. The molecule has 3 nitrogen and oxygen atoms in total. The normalized spacial score (nSPS) is 11.4. The fraction of sp³-hybridized carbons (Fsp3) is 0.0833. The molecule has 0 unspecified atom stereocenters. The highest BCUT2D eigenvalue weighted by Crippen LogP contribution is 2.19. The summed E-state index contributed by atoms with van der Waals surface area (Å²) in [5.41, 5.74) is 4.81. The van der Waals surface area contributed by atoms with Gasteiger partial charge in [0, 0.05) is 4.47 Å². The smallest absolute Gasteiger partial charge is 0.266 e. The van der Waals surface area contributed by atoms with E-state index in [0.717, 1.165) is 21.3 Å². The zero-order valence-electron chi connectivity index (χ0n) is 15.7. The van der Waals surface area contributed by atoms with E-state index in [1.54, 1.807) is 4.57 Å². The van der Waals surface area contributed by atoms with E-state index < -0.39 is 0 Å². The van der Waals surface area contributed by atoms with Crippen molar-refractivity contribution in [2.75, 3.05) is 0 Å². The van der Waals surface area contributed by atoms with Gasteiger partial charge < -0.3 is 0 Å². The first-order valence-corrected chi connectivity index (χ1v) is 9.85. The van der Waals surface area contributed by atoms with E-state index in [0.29, 0.717) is 16.7 Å². The van der Waals surface area contributed by atoms with Crippen molar-refractivity contribution >= 4 is 39.0 Å². The topological polar surface area (TPSA) is 34.9 Å². The lowest BCUT2D eigenvalue weighted by atomic mass is 10.1. The highest BCUT2D eigenvalue weighted by atomic mass is 79.9. The van der Waals surface area contributed by atoms with E-state index in [2.05, 4.69) is 29.8 Å². The lowest BCUT2D eigenvalue weighted by molar-refractivity contribution is 0.941. The van der Waals surface area contributed by atoms with Crippen LogP contribution >= 0.6 is 15.9 Å². The lowest BCUT2D eigenvalue weighted by Gasteiger charge is -2.13. The van der Waals surface area contributed by atoms with Gasteiger partial charge in [-0.25, -0.2) is 4.98 Å². The molecule has 28 heavy (non-hydrogen) atoms. The molecule has 138 valence electrons. The molecule has 0 saturated heterocycles. The highest BCUT2D eigenvalue weighted by Gasteiger charge is 2.11. The second kappa shape index (κ2) is 7.56. The van der Waals surface area contributed by atoms with Gasteiger partial charge in [-0.15, -0.1) is 0 Å². The van der Waals surface area contributed by atoms with Crippen LogP contribution in [-0.4, -0.2) is 9.55 Å². The molecule has 4 heteroatoms. The Labute approximate surface area is 172 Å². The second-order valence-electron chi connectivity index (χ2n) is 6.78. The minimum atomic E-state index is -0.0669. The molecule has 0 aliphatic rings. The maximum atomic E-state index is 13.3. The minimum absolute atomic E-state index is 0.0669. The third kappa shape index (κ3) is 3.56. The molecule has 0 aliphatic carbocycles. The standard InChI is InChI=1S/C24H19BrN2O/c1-16-10-12-20(14-17(16)2)27-23(13-11-18-6-5-7-19(25)15-18)26-22-9-4-3-8-21(22)24(27)28/h3-15H,1-2H3. The third-order valence-electron chi connectivity index (χ3n) is 4.82. The molecule has 0 radical (unpaired) electrons. The van der Waals surface area contributed by atoms with Crippen molar-refractivity contribution in [1.29, 1.82) is 0 Å². The van der Waals surface area contributed by atoms with Gasteiger partial charge in [0.15, 0.2) is 0 Å². The Hall–Kier alpha value is -2.98. The summed E-state index contributed by atoms with van der Waals surface area (Å²) < 4.78 is 2.69. The van der Waals surface area contributed by atoms with Crippen LogP contribution in [0.2, 0.25) is 0 Å². The molecule has 0 saturated carbocycles. The summed E-state index contributed by atoms with van der Waals surface area (Å²) in [4.78, 5) is 18.1. The molecule has 0 atom stereocenters. The first kappa shape index (κ1) is 18.4. The Morgan fingerprint density at radius 2 is 1.71 bits per heavy atom. The van der Waals surface area contributed by atoms with Crippen LogP contribution in [0.3, 0.4) is 0 Å². The average molecular weight is 431 g/mol. The van der Waals surface area contributed by atoms with Gasteiger partial charge in [-0.05, 0) is 73.0 Å². The molecule has 0 spiro atoms. The van der Waals surface area contributed by atoms with Gasteiger partial charge in [-0.3, -0.25) is 9.36 Å². The summed E-state index contributed by atoms with van der Waals surface area (Å²) in [5, 5.41) is 0.611. The molecular weight excluding hydrogens is 412 g/mol. The van der Waals surface area contributed by atoms with Crippen molar-refractivity contribution in [2.45, 2.75) is 13.8 Å². The van der Waals surface area contributed by atoms with Crippen molar-refractivity contribution in [2.24, 2.45) is 0 Å². The molecule has 3 aromatic carbocycles. The van der Waals surface area contributed by atoms with Crippen molar-refractivity contribution in [3.8, 4) is 5.69 Å². The Kier molecular flexibility index (Phi) is 4.97. The highest BCUT2D eigenvalue weighted by molar-refractivity contribution is 9.10. The molecule has 0 aliphatic heterocycles.